The maximum absolute atomic E-state index is 13.3. The van der Waals surface area contributed by atoms with Crippen LogP contribution in [0.5, 0.6) is 0 Å². The van der Waals surface area contributed by atoms with E-state index in [2.05, 4.69) is 0 Å². The maximum Gasteiger partial charge on any atom is 0.321 e. The molecule has 0 spiro atoms. The third-order valence-corrected chi connectivity index (χ3v) is 2.48. The second-order valence-corrected chi connectivity index (χ2v) is 3.58. The van der Waals surface area contributed by atoms with Crippen LogP contribution in [0.4, 0.5) is 4.39 Å². The number of ether oxygens (including phenoxy) is 1. The number of halogens is 2. The Kier molecular flexibility index (Phi) is 4.50. The molecule has 0 aromatic rings. The van der Waals surface area contributed by atoms with E-state index in [0.29, 0.717) is 12.8 Å². The van der Waals surface area contributed by atoms with E-state index in [1.165, 1.54) is 0 Å². The van der Waals surface area contributed by atoms with Gasteiger partial charge in [-0.25, -0.2) is 4.39 Å². The van der Waals surface area contributed by atoms with Gasteiger partial charge in [0.05, 0.1) is 0 Å². The molecule has 0 aromatic heterocycles. The molecule has 2 atom stereocenters. The van der Waals surface area contributed by atoms with Crippen molar-refractivity contribution >= 4 is 17.6 Å². The quantitative estimate of drug-likeness (QED) is 0.396. The van der Waals surface area contributed by atoms with E-state index in [-0.39, 0.29) is 5.88 Å². The molecule has 1 fully saturated rings. The highest BCUT2D eigenvalue weighted by Crippen LogP contribution is 2.23. The third-order valence-electron chi connectivity index (χ3n) is 2.26. The van der Waals surface area contributed by atoms with Gasteiger partial charge in [-0.3, -0.25) is 4.79 Å². The van der Waals surface area contributed by atoms with Crippen LogP contribution in [-0.2, 0) is 9.53 Å². The highest BCUT2D eigenvalue weighted by Gasteiger charge is 2.26. The van der Waals surface area contributed by atoms with Gasteiger partial charge < -0.3 is 4.74 Å². The summed E-state index contributed by atoms with van der Waals surface area (Å²) in [6.45, 7) is 0. The summed E-state index contributed by atoms with van der Waals surface area (Å²) in [5, 5.41) is 0. The molecule has 0 bridgehead atoms. The molecule has 0 unspecified atom stereocenters. The minimum atomic E-state index is -1.00. The van der Waals surface area contributed by atoms with Gasteiger partial charge in [0.15, 0.2) is 0 Å². The van der Waals surface area contributed by atoms with E-state index < -0.39 is 18.2 Å². The lowest BCUT2D eigenvalue weighted by Gasteiger charge is -2.18. The number of carbonyl (C=O) groups excluding carboxylic acids is 1. The molecule has 0 aliphatic heterocycles. The predicted octanol–water partition coefficient (Wildman–Crippen LogP) is 2.44. The molecule has 2 nitrogen and oxygen atoms in total. The highest BCUT2D eigenvalue weighted by atomic mass is 35.5. The van der Waals surface area contributed by atoms with Crippen molar-refractivity contribution in [3.05, 3.63) is 0 Å². The molecule has 0 amide bonds. The van der Waals surface area contributed by atoms with Gasteiger partial charge in [-0.15, -0.1) is 11.6 Å². The van der Waals surface area contributed by atoms with E-state index in [0.717, 1.165) is 19.3 Å². The lowest BCUT2D eigenvalue weighted by atomic mass is 10.1. The first kappa shape index (κ1) is 10.8. The Morgan fingerprint density at radius 3 is 2.77 bits per heavy atom. The maximum atomic E-state index is 13.3. The summed E-state index contributed by atoms with van der Waals surface area (Å²) in [5.41, 5.74) is 0. The molecule has 1 saturated carbocycles. The normalized spacial score (nSPS) is 29.4. The van der Waals surface area contributed by atoms with Crippen LogP contribution >= 0.6 is 11.6 Å². The first-order valence-corrected chi connectivity index (χ1v) is 5.17. The average molecular weight is 209 g/mol. The van der Waals surface area contributed by atoms with Crippen LogP contribution in [0.15, 0.2) is 0 Å². The first-order chi connectivity index (χ1) is 6.24. The number of hydrogen-bond donors (Lipinski definition) is 0. The molecular weight excluding hydrogens is 195 g/mol. The summed E-state index contributed by atoms with van der Waals surface area (Å²) in [4.78, 5) is 10.8. The monoisotopic (exact) mass is 208 g/mol. The molecule has 1 aliphatic carbocycles. The van der Waals surface area contributed by atoms with E-state index >= 15 is 0 Å². The van der Waals surface area contributed by atoms with Gasteiger partial charge in [0.1, 0.15) is 18.2 Å². The van der Waals surface area contributed by atoms with Crippen LogP contribution < -0.4 is 0 Å². The lowest BCUT2D eigenvalue weighted by Crippen LogP contribution is -2.27. The minimum Gasteiger partial charge on any atom is -0.458 e. The van der Waals surface area contributed by atoms with Gasteiger partial charge in [0.2, 0.25) is 0 Å². The molecule has 13 heavy (non-hydrogen) atoms. The Balaban J connectivity index is 2.40. The summed E-state index contributed by atoms with van der Waals surface area (Å²) in [7, 11) is 0. The minimum absolute atomic E-state index is 0.191. The fourth-order valence-corrected chi connectivity index (χ4v) is 1.62. The van der Waals surface area contributed by atoms with Crippen molar-refractivity contribution < 1.29 is 13.9 Å². The Hall–Kier alpha value is -0.310. The molecule has 0 N–H and O–H groups in total. The van der Waals surface area contributed by atoms with Crippen molar-refractivity contribution in [2.75, 3.05) is 5.88 Å². The molecule has 1 aliphatic rings. The molecule has 0 radical (unpaired) electrons. The van der Waals surface area contributed by atoms with E-state index in [1.807, 2.05) is 0 Å². The second-order valence-electron chi connectivity index (χ2n) is 3.32. The second kappa shape index (κ2) is 5.43. The van der Waals surface area contributed by atoms with E-state index in [1.54, 1.807) is 0 Å². The summed E-state index contributed by atoms with van der Waals surface area (Å²) in [6.07, 6.45) is 2.40. The molecule has 76 valence electrons. The number of hydrogen-bond acceptors (Lipinski definition) is 2. The highest BCUT2D eigenvalue weighted by molar-refractivity contribution is 6.26. The predicted molar refractivity (Wildman–Crippen MR) is 48.6 cm³/mol. The molecular formula is C9H14ClFO2. The molecule has 4 heteroatoms. The van der Waals surface area contributed by atoms with Crippen molar-refractivity contribution in [3.8, 4) is 0 Å². The average Bonchev–Trinajstić information content (AvgIpc) is 2.32. The van der Waals surface area contributed by atoms with Gasteiger partial charge in [0, 0.05) is 0 Å². The summed E-state index contributed by atoms with van der Waals surface area (Å²) >= 11 is 5.26. The molecule has 0 saturated heterocycles. The van der Waals surface area contributed by atoms with Crippen molar-refractivity contribution in [2.24, 2.45) is 0 Å². The van der Waals surface area contributed by atoms with Crippen LogP contribution in [0.25, 0.3) is 0 Å². The number of carbonyl (C=O) groups is 1. The smallest absolute Gasteiger partial charge is 0.321 e. The largest absolute Gasteiger partial charge is 0.458 e. The van der Waals surface area contributed by atoms with Crippen LogP contribution in [0.3, 0.4) is 0 Å². The number of esters is 1. The zero-order valence-corrected chi connectivity index (χ0v) is 8.23. The zero-order valence-electron chi connectivity index (χ0n) is 7.47. The van der Waals surface area contributed by atoms with Crippen LogP contribution in [0, 0.1) is 0 Å². The van der Waals surface area contributed by atoms with Gasteiger partial charge in [-0.2, -0.15) is 0 Å². The fourth-order valence-electron chi connectivity index (χ4n) is 1.56. The standard InChI is InChI=1S/C9H14ClFO2/c10-6-9(12)13-8-5-3-1-2-4-7(8)11/h7-8H,1-6H2/t7-,8-/m0/s1. The van der Waals surface area contributed by atoms with Crippen molar-refractivity contribution in [1.82, 2.24) is 0 Å². The van der Waals surface area contributed by atoms with Gasteiger partial charge >= 0.3 is 5.97 Å². The summed E-state index contributed by atoms with van der Waals surface area (Å²) < 4.78 is 18.2. The SMILES string of the molecule is O=C(CCl)O[C@H]1CCCCC[C@@H]1F. The Bertz CT molecular complexity index is 175. The Morgan fingerprint density at radius 2 is 2.08 bits per heavy atom. The van der Waals surface area contributed by atoms with E-state index in [9.17, 15) is 9.18 Å². The number of rotatable bonds is 2. The van der Waals surface area contributed by atoms with Crippen LogP contribution in [-0.4, -0.2) is 24.1 Å². The van der Waals surface area contributed by atoms with Gasteiger partial charge in [0.25, 0.3) is 0 Å². The molecule has 0 aromatic carbocycles. The Morgan fingerprint density at radius 1 is 1.38 bits per heavy atom. The van der Waals surface area contributed by atoms with Gasteiger partial charge in [-0.05, 0) is 19.3 Å². The summed E-state index contributed by atoms with van der Waals surface area (Å²) in [6, 6.07) is 0. The topological polar surface area (TPSA) is 26.3 Å². The summed E-state index contributed by atoms with van der Waals surface area (Å²) in [5.74, 6) is -0.709. The van der Waals surface area contributed by atoms with Crippen molar-refractivity contribution in [2.45, 2.75) is 44.4 Å². The van der Waals surface area contributed by atoms with E-state index in [4.69, 9.17) is 16.3 Å². The van der Waals surface area contributed by atoms with Crippen LogP contribution in [0.2, 0.25) is 0 Å². The van der Waals surface area contributed by atoms with Crippen molar-refractivity contribution in [1.29, 1.82) is 0 Å². The third kappa shape index (κ3) is 3.51. The molecule has 1 rings (SSSR count). The number of alkyl halides is 2. The Labute approximate surface area is 82.4 Å². The lowest BCUT2D eigenvalue weighted by molar-refractivity contribution is -0.149. The van der Waals surface area contributed by atoms with Crippen LogP contribution in [0.1, 0.15) is 32.1 Å². The molecule has 0 heterocycles. The zero-order chi connectivity index (χ0) is 9.68. The fraction of sp³-hybridized carbons (Fsp3) is 0.889. The van der Waals surface area contributed by atoms with Gasteiger partial charge in [-0.1, -0.05) is 12.8 Å². The van der Waals surface area contributed by atoms with Crippen molar-refractivity contribution in [3.63, 3.8) is 0 Å². The first-order valence-electron chi connectivity index (χ1n) is 4.63.